The molecule has 1 fully saturated rings. The van der Waals surface area contributed by atoms with Gasteiger partial charge in [0.15, 0.2) is 0 Å². The average molecular weight is 295 g/mol. The Bertz CT molecular complexity index is 551. The number of sulfonamides is 1. The van der Waals surface area contributed by atoms with Crippen LogP contribution in [0.1, 0.15) is 31.2 Å². The van der Waals surface area contributed by atoms with E-state index in [1.165, 1.54) is 4.31 Å². The number of benzene rings is 1. The van der Waals surface area contributed by atoms with Crippen LogP contribution in [0, 0.1) is 5.41 Å². The van der Waals surface area contributed by atoms with Gasteiger partial charge in [0.05, 0.1) is 12.3 Å². The van der Waals surface area contributed by atoms with E-state index in [1.807, 2.05) is 18.2 Å². The van der Waals surface area contributed by atoms with E-state index in [4.69, 9.17) is 11.1 Å². The molecule has 0 atom stereocenters. The van der Waals surface area contributed by atoms with Gasteiger partial charge in [0.25, 0.3) is 0 Å². The molecule has 20 heavy (non-hydrogen) atoms. The summed E-state index contributed by atoms with van der Waals surface area (Å²) in [6.07, 6.45) is 3.81. The molecule has 0 bridgehead atoms. The first-order chi connectivity index (χ1) is 9.49. The Morgan fingerprint density at radius 2 is 1.85 bits per heavy atom. The zero-order valence-corrected chi connectivity index (χ0v) is 12.3. The van der Waals surface area contributed by atoms with Gasteiger partial charge >= 0.3 is 0 Å². The maximum atomic E-state index is 12.6. The highest BCUT2D eigenvalue weighted by atomic mass is 32.2. The molecular weight excluding hydrogens is 274 g/mol. The lowest BCUT2D eigenvalue weighted by molar-refractivity contribution is 0.353. The molecule has 5 nitrogen and oxygen atoms in total. The van der Waals surface area contributed by atoms with Crippen molar-refractivity contribution in [2.24, 2.45) is 5.73 Å². The van der Waals surface area contributed by atoms with Gasteiger partial charge in [-0.2, -0.15) is 4.31 Å². The van der Waals surface area contributed by atoms with Crippen molar-refractivity contribution in [3.63, 3.8) is 0 Å². The number of amidine groups is 1. The van der Waals surface area contributed by atoms with Crippen molar-refractivity contribution in [1.82, 2.24) is 4.31 Å². The normalized spacial score (nSPS) is 16.6. The number of nitrogens with two attached hydrogens (primary N) is 1. The third kappa shape index (κ3) is 3.80. The van der Waals surface area contributed by atoms with Crippen molar-refractivity contribution in [3.8, 4) is 0 Å². The average Bonchev–Trinajstić information content (AvgIpc) is 2.89. The molecule has 0 unspecified atom stereocenters. The van der Waals surface area contributed by atoms with Crippen LogP contribution in [-0.4, -0.2) is 31.1 Å². The van der Waals surface area contributed by atoms with Crippen LogP contribution in [0.25, 0.3) is 0 Å². The number of rotatable bonds is 6. The Balaban J connectivity index is 2.19. The van der Waals surface area contributed by atoms with Crippen LogP contribution in [0.3, 0.4) is 0 Å². The zero-order valence-electron chi connectivity index (χ0n) is 11.5. The molecule has 1 saturated carbocycles. The Labute approximate surface area is 120 Å². The zero-order chi connectivity index (χ0) is 14.6. The maximum absolute atomic E-state index is 12.6. The molecule has 0 saturated heterocycles. The van der Waals surface area contributed by atoms with Gasteiger partial charge < -0.3 is 5.73 Å². The van der Waals surface area contributed by atoms with E-state index < -0.39 is 10.0 Å². The van der Waals surface area contributed by atoms with Crippen LogP contribution in [-0.2, 0) is 15.8 Å². The molecule has 110 valence electrons. The molecule has 0 amide bonds. The lowest BCUT2D eigenvalue weighted by atomic mass is 10.2. The van der Waals surface area contributed by atoms with Crippen LogP contribution in [0.2, 0.25) is 0 Å². The Morgan fingerprint density at radius 3 is 2.40 bits per heavy atom. The van der Waals surface area contributed by atoms with Crippen LogP contribution in [0.4, 0.5) is 0 Å². The highest BCUT2D eigenvalue weighted by molar-refractivity contribution is 7.88. The Hall–Kier alpha value is -1.40. The van der Waals surface area contributed by atoms with E-state index in [9.17, 15) is 8.42 Å². The molecule has 1 aromatic rings. The molecule has 0 heterocycles. The summed E-state index contributed by atoms with van der Waals surface area (Å²) in [5, 5.41) is 7.42. The number of nitrogens with zero attached hydrogens (tertiary/aromatic N) is 1. The second kappa shape index (κ2) is 6.37. The third-order valence-corrected chi connectivity index (χ3v) is 5.45. The fourth-order valence-corrected chi connectivity index (χ4v) is 4.46. The summed E-state index contributed by atoms with van der Waals surface area (Å²) in [6.45, 7) is -0.000165. The molecule has 0 radical (unpaired) electrons. The van der Waals surface area contributed by atoms with E-state index in [1.54, 1.807) is 12.1 Å². The van der Waals surface area contributed by atoms with Crippen LogP contribution in [0.15, 0.2) is 30.3 Å². The molecule has 0 aliphatic heterocycles. The summed E-state index contributed by atoms with van der Waals surface area (Å²) in [6, 6.07) is 9.12. The first kappa shape index (κ1) is 15.0. The van der Waals surface area contributed by atoms with Gasteiger partial charge in [0.2, 0.25) is 10.0 Å². The van der Waals surface area contributed by atoms with Crippen molar-refractivity contribution in [3.05, 3.63) is 35.9 Å². The topological polar surface area (TPSA) is 87.2 Å². The van der Waals surface area contributed by atoms with E-state index in [0.29, 0.717) is 0 Å². The minimum atomic E-state index is -3.44. The summed E-state index contributed by atoms with van der Waals surface area (Å²) >= 11 is 0. The summed E-state index contributed by atoms with van der Waals surface area (Å²) in [4.78, 5) is 0. The van der Waals surface area contributed by atoms with E-state index in [0.717, 1.165) is 31.2 Å². The summed E-state index contributed by atoms with van der Waals surface area (Å²) in [7, 11) is -3.44. The first-order valence-corrected chi connectivity index (χ1v) is 8.46. The van der Waals surface area contributed by atoms with Gasteiger partial charge in [-0.15, -0.1) is 0 Å². The van der Waals surface area contributed by atoms with Gasteiger partial charge in [0, 0.05) is 6.04 Å². The van der Waals surface area contributed by atoms with Gasteiger partial charge in [-0.25, -0.2) is 8.42 Å². The van der Waals surface area contributed by atoms with E-state index >= 15 is 0 Å². The molecule has 0 spiro atoms. The smallest absolute Gasteiger partial charge is 0.218 e. The van der Waals surface area contributed by atoms with Gasteiger partial charge in [-0.3, -0.25) is 5.41 Å². The van der Waals surface area contributed by atoms with Crippen LogP contribution < -0.4 is 5.73 Å². The quantitative estimate of drug-likeness (QED) is 0.618. The molecule has 0 aromatic heterocycles. The maximum Gasteiger partial charge on any atom is 0.218 e. The van der Waals surface area contributed by atoms with Gasteiger partial charge in [-0.05, 0) is 18.4 Å². The second-order valence-electron chi connectivity index (χ2n) is 5.25. The minimum absolute atomic E-state index is 0.000165. The van der Waals surface area contributed by atoms with Crippen molar-refractivity contribution in [2.75, 3.05) is 6.54 Å². The van der Waals surface area contributed by atoms with Crippen molar-refractivity contribution < 1.29 is 8.42 Å². The standard InChI is InChI=1S/C14H21N3O2S/c15-14(16)10-17(13-8-4-5-9-13)20(18,19)11-12-6-2-1-3-7-12/h1-3,6-7,13H,4-5,8-11H2,(H3,15,16). The van der Waals surface area contributed by atoms with Crippen molar-refractivity contribution in [2.45, 2.75) is 37.5 Å². The molecule has 6 heteroatoms. The van der Waals surface area contributed by atoms with Gasteiger partial charge in [0.1, 0.15) is 5.84 Å². The predicted molar refractivity (Wildman–Crippen MR) is 79.9 cm³/mol. The van der Waals surface area contributed by atoms with Crippen LogP contribution >= 0.6 is 0 Å². The molecule has 1 aliphatic carbocycles. The summed E-state index contributed by atoms with van der Waals surface area (Å²) in [5.74, 6) is -0.133. The second-order valence-corrected chi connectivity index (χ2v) is 7.17. The predicted octanol–water partition coefficient (Wildman–Crippen LogP) is 1.70. The van der Waals surface area contributed by atoms with Crippen LogP contribution in [0.5, 0.6) is 0 Å². The number of nitrogens with one attached hydrogen (secondary N) is 1. The molecule has 1 aromatic carbocycles. The van der Waals surface area contributed by atoms with E-state index in [-0.39, 0.29) is 24.2 Å². The fourth-order valence-electron chi connectivity index (χ4n) is 2.68. The molecule has 2 rings (SSSR count). The highest BCUT2D eigenvalue weighted by Gasteiger charge is 2.32. The van der Waals surface area contributed by atoms with Crippen molar-refractivity contribution in [1.29, 1.82) is 5.41 Å². The summed E-state index contributed by atoms with van der Waals surface area (Å²) in [5.41, 5.74) is 6.19. The van der Waals surface area contributed by atoms with Crippen molar-refractivity contribution >= 4 is 15.9 Å². The molecule has 1 aliphatic rings. The first-order valence-electron chi connectivity index (χ1n) is 6.85. The number of hydrogen-bond donors (Lipinski definition) is 2. The minimum Gasteiger partial charge on any atom is -0.387 e. The lowest BCUT2D eigenvalue weighted by Gasteiger charge is -2.27. The lowest BCUT2D eigenvalue weighted by Crippen LogP contribution is -2.44. The molecular formula is C14H21N3O2S. The fraction of sp³-hybridized carbons (Fsp3) is 0.500. The summed E-state index contributed by atoms with van der Waals surface area (Å²) < 4.78 is 26.6. The SMILES string of the molecule is N=C(N)CN(C1CCCC1)S(=O)(=O)Cc1ccccc1. The van der Waals surface area contributed by atoms with Gasteiger partial charge in [-0.1, -0.05) is 43.2 Å². The highest BCUT2D eigenvalue weighted by Crippen LogP contribution is 2.26. The largest absolute Gasteiger partial charge is 0.387 e. The number of hydrogen-bond acceptors (Lipinski definition) is 3. The third-order valence-electron chi connectivity index (χ3n) is 3.61. The monoisotopic (exact) mass is 295 g/mol. The Morgan fingerprint density at radius 1 is 1.25 bits per heavy atom. The Kier molecular flexibility index (Phi) is 4.77. The molecule has 3 N–H and O–H groups in total. The van der Waals surface area contributed by atoms with E-state index in [2.05, 4.69) is 0 Å².